The van der Waals surface area contributed by atoms with E-state index in [-0.39, 0.29) is 37.1 Å². The van der Waals surface area contributed by atoms with Crippen molar-refractivity contribution >= 4 is 35.5 Å². The van der Waals surface area contributed by atoms with Gasteiger partial charge in [0.15, 0.2) is 6.10 Å². The molecule has 0 saturated carbocycles. The Labute approximate surface area is 237 Å². The maximum atomic E-state index is 13.6. The van der Waals surface area contributed by atoms with Gasteiger partial charge >= 0.3 is 5.97 Å². The van der Waals surface area contributed by atoms with Crippen molar-refractivity contribution in [3.63, 3.8) is 0 Å². The number of ether oxygens (including phenoxy) is 1. The van der Waals surface area contributed by atoms with E-state index in [1.807, 2.05) is 27.7 Å². The molecule has 0 radical (unpaired) electrons. The average molecular weight is 566 g/mol. The van der Waals surface area contributed by atoms with Crippen molar-refractivity contribution in [2.45, 2.75) is 111 Å². The molecule has 0 aromatic carbocycles. The number of nitrogens with zero attached hydrogens (tertiary/aromatic N) is 1. The van der Waals surface area contributed by atoms with Crippen molar-refractivity contribution in [2.24, 2.45) is 17.8 Å². The third-order valence-electron chi connectivity index (χ3n) is 7.49. The van der Waals surface area contributed by atoms with Gasteiger partial charge in [0.05, 0.1) is 6.42 Å². The van der Waals surface area contributed by atoms with Gasteiger partial charge in [-0.2, -0.15) is 0 Å². The lowest BCUT2D eigenvalue weighted by Crippen LogP contribution is -2.60. The van der Waals surface area contributed by atoms with Crippen LogP contribution in [0.15, 0.2) is 0 Å². The van der Waals surface area contributed by atoms with Crippen LogP contribution in [0.2, 0.25) is 0 Å². The molecule has 40 heavy (non-hydrogen) atoms. The molecule has 2 saturated heterocycles. The summed E-state index contributed by atoms with van der Waals surface area (Å²) in [7, 11) is 0. The highest BCUT2D eigenvalue weighted by atomic mass is 16.5. The van der Waals surface area contributed by atoms with Gasteiger partial charge in [-0.15, -0.1) is 0 Å². The van der Waals surface area contributed by atoms with Gasteiger partial charge in [-0.1, -0.05) is 48.0 Å². The zero-order valence-corrected chi connectivity index (χ0v) is 24.9. The standard InChI is InChI=1S/C28H47N5O7/c1-8-17(6)23-27(38)31-22(16(4)5)26(37)30-18(7)24(35)29-12-11-21(34)40-20(14-15(2)3)28(39)33-13-9-10-19(33)25(36)32-23/h15-20,22-23H,8-14H2,1-7H3,(H,29,35)(H,30,37)(H,31,38)(H,32,36). The minimum absolute atomic E-state index is 0.0368. The van der Waals surface area contributed by atoms with E-state index < -0.39 is 65.8 Å². The summed E-state index contributed by atoms with van der Waals surface area (Å²) in [6, 6.07) is -3.65. The van der Waals surface area contributed by atoms with E-state index in [0.29, 0.717) is 25.8 Å². The number of carbonyl (C=O) groups is 6. The predicted molar refractivity (Wildman–Crippen MR) is 147 cm³/mol. The van der Waals surface area contributed by atoms with Gasteiger partial charge in [0.25, 0.3) is 5.91 Å². The van der Waals surface area contributed by atoms with Crippen LogP contribution in [0.3, 0.4) is 0 Å². The summed E-state index contributed by atoms with van der Waals surface area (Å²) >= 11 is 0. The van der Waals surface area contributed by atoms with Crippen LogP contribution in [0.5, 0.6) is 0 Å². The van der Waals surface area contributed by atoms with Crippen molar-refractivity contribution in [2.75, 3.05) is 13.1 Å². The molecule has 6 unspecified atom stereocenters. The third kappa shape index (κ3) is 8.92. The molecule has 12 heteroatoms. The van der Waals surface area contributed by atoms with Crippen LogP contribution in [0.25, 0.3) is 0 Å². The van der Waals surface area contributed by atoms with E-state index in [1.54, 1.807) is 13.8 Å². The van der Waals surface area contributed by atoms with E-state index >= 15 is 0 Å². The Kier molecular flexibility index (Phi) is 12.4. The van der Waals surface area contributed by atoms with Crippen molar-refractivity contribution in [1.29, 1.82) is 0 Å². The number of rotatable bonds is 5. The van der Waals surface area contributed by atoms with Crippen molar-refractivity contribution in [1.82, 2.24) is 26.2 Å². The normalized spacial score (nSPS) is 28.9. The molecule has 0 aliphatic carbocycles. The first-order valence-electron chi connectivity index (χ1n) is 14.4. The topological polar surface area (TPSA) is 163 Å². The number of fused-ring (bicyclic) bond motifs is 1. The van der Waals surface area contributed by atoms with Gasteiger partial charge in [-0.25, -0.2) is 0 Å². The summed E-state index contributed by atoms with van der Waals surface area (Å²) in [6.07, 6.45) is 0.617. The Balaban J connectivity index is 2.43. The van der Waals surface area contributed by atoms with Crippen molar-refractivity contribution in [3.05, 3.63) is 0 Å². The molecule has 2 fully saturated rings. The second kappa shape index (κ2) is 15.0. The van der Waals surface area contributed by atoms with Crippen molar-refractivity contribution in [3.8, 4) is 0 Å². The maximum absolute atomic E-state index is 13.6. The SMILES string of the molecule is CCC(C)C1NC(=O)C2CCCN2C(=O)C(CC(C)C)OC(=O)CCNC(=O)C(C)NC(=O)C(C(C)C)NC1=O. The number of nitrogens with one attached hydrogen (secondary N) is 4. The van der Waals surface area contributed by atoms with Crippen LogP contribution < -0.4 is 21.3 Å². The molecule has 4 N–H and O–H groups in total. The highest BCUT2D eigenvalue weighted by Crippen LogP contribution is 2.23. The molecule has 12 nitrogen and oxygen atoms in total. The van der Waals surface area contributed by atoms with Crippen LogP contribution in [0.4, 0.5) is 0 Å². The van der Waals surface area contributed by atoms with Crippen LogP contribution in [0, 0.1) is 17.8 Å². The van der Waals surface area contributed by atoms with Crippen LogP contribution >= 0.6 is 0 Å². The van der Waals surface area contributed by atoms with E-state index in [9.17, 15) is 28.8 Å². The summed E-state index contributed by atoms with van der Waals surface area (Å²) < 4.78 is 5.55. The van der Waals surface area contributed by atoms with Gasteiger partial charge in [-0.05, 0) is 43.9 Å². The lowest BCUT2D eigenvalue weighted by Gasteiger charge is -2.32. The fourth-order valence-electron chi connectivity index (χ4n) is 4.87. The number of esters is 1. The first kappa shape index (κ1) is 33.0. The molecule has 0 aromatic rings. The highest BCUT2D eigenvalue weighted by molar-refractivity contribution is 5.96. The number of cyclic esters (lactones) is 1. The smallest absolute Gasteiger partial charge is 0.308 e. The number of hydrogen-bond donors (Lipinski definition) is 4. The fourth-order valence-corrected chi connectivity index (χ4v) is 4.87. The average Bonchev–Trinajstić information content (AvgIpc) is 3.37. The third-order valence-corrected chi connectivity index (χ3v) is 7.49. The Morgan fingerprint density at radius 1 is 0.875 bits per heavy atom. The molecule has 6 atom stereocenters. The molecule has 2 aliphatic heterocycles. The van der Waals surface area contributed by atoms with E-state index in [1.165, 1.54) is 11.8 Å². The highest BCUT2D eigenvalue weighted by Gasteiger charge is 2.41. The number of carbonyl (C=O) groups excluding carboxylic acids is 6. The minimum Gasteiger partial charge on any atom is -0.452 e. The summed E-state index contributed by atoms with van der Waals surface area (Å²) in [5.74, 6) is -3.67. The van der Waals surface area contributed by atoms with Gasteiger partial charge in [-0.3, -0.25) is 28.8 Å². The molecule has 0 bridgehead atoms. The van der Waals surface area contributed by atoms with Gasteiger partial charge in [0.2, 0.25) is 23.6 Å². The quantitative estimate of drug-likeness (QED) is 0.355. The van der Waals surface area contributed by atoms with Crippen LogP contribution in [-0.4, -0.2) is 83.8 Å². The first-order valence-corrected chi connectivity index (χ1v) is 14.4. The number of hydrogen-bond acceptors (Lipinski definition) is 7. The molecular weight excluding hydrogens is 518 g/mol. The molecule has 2 aliphatic rings. The lowest BCUT2D eigenvalue weighted by molar-refractivity contribution is -0.162. The second-order valence-corrected chi connectivity index (χ2v) is 11.7. The molecule has 0 aromatic heterocycles. The Bertz CT molecular complexity index is 953. The van der Waals surface area contributed by atoms with Crippen LogP contribution in [-0.2, 0) is 33.5 Å². The Morgan fingerprint density at radius 2 is 1.50 bits per heavy atom. The van der Waals surface area contributed by atoms with E-state index in [4.69, 9.17) is 4.74 Å². The van der Waals surface area contributed by atoms with Gasteiger partial charge < -0.3 is 30.9 Å². The number of amides is 5. The maximum Gasteiger partial charge on any atom is 0.308 e. The predicted octanol–water partition coefficient (Wildman–Crippen LogP) is 0.632. The summed E-state index contributed by atoms with van der Waals surface area (Å²) in [4.78, 5) is 80.2. The first-order chi connectivity index (χ1) is 18.8. The Morgan fingerprint density at radius 3 is 2.10 bits per heavy atom. The molecule has 2 heterocycles. The summed E-state index contributed by atoms with van der Waals surface area (Å²) in [5, 5.41) is 10.8. The zero-order valence-electron chi connectivity index (χ0n) is 24.9. The lowest BCUT2D eigenvalue weighted by atomic mass is 9.96. The summed E-state index contributed by atoms with van der Waals surface area (Å²) in [6.45, 7) is 12.8. The minimum atomic E-state index is -1.07. The van der Waals surface area contributed by atoms with E-state index in [2.05, 4.69) is 21.3 Å². The van der Waals surface area contributed by atoms with Crippen molar-refractivity contribution < 1.29 is 33.5 Å². The monoisotopic (exact) mass is 565 g/mol. The second-order valence-electron chi connectivity index (χ2n) is 11.7. The fraction of sp³-hybridized carbons (Fsp3) is 0.786. The molecule has 0 spiro atoms. The largest absolute Gasteiger partial charge is 0.452 e. The van der Waals surface area contributed by atoms with Gasteiger partial charge in [0, 0.05) is 13.1 Å². The Hall–Kier alpha value is -3.18. The molecule has 226 valence electrons. The summed E-state index contributed by atoms with van der Waals surface area (Å²) in [5.41, 5.74) is 0. The molecular formula is C28H47N5O7. The van der Waals surface area contributed by atoms with Gasteiger partial charge in [0.1, 0.15) is 24.2 Å². The molecule has 5 amide bonds. The van der Waals surface area contributed by atoms with Crippen LogP contribution in [0.1, 0.15) is 80.6 Å². The zero-order chi connectivity index (χ0) is 30.1. The van der Waals surface area contributed by atoms with E-state index in [0.717, 1.165) is 0 Å². The molecule has 2 rings (SSSR count).